The van der Waals surface area contributed by atoms with Gasteiger partial charge in [-0.05, 0) is 24.3 Å². The number of aldehydes is 1. The van der Waals surface area contributed by atoms with Crippen LogP contribution in [0.15, 0.2) is 54.6 Å². The van der Waals surface area contributed by atoms with Gasteiger partial charge in [0.1, 0.15) is 18.3 Å². The van der Waals surface area contributed by atoms with Crippen LogP contribution in [-0.2, 0) is 4.79 Å². The lowest BCUT2D eigenvalue weighted by atomic mass is 10.2. The summed E-state index contributed by atoms with van der Waals surface area (Å²) in [6.07, 6.45) is 0.620. The van der Waals surface area contributed by atoms with Crippen molar-refractivity contribution in [1.82, 2.24) is 0 Å². The molecule has 0 saturated heterocycles. The predicted octanol–water partition coefficient (Wildman–Crippen LogP) is 2.41. The highest BCUT2D eigenvalue weighted by molar-refractivity contribution is 5.78. The summed E-state index contributed by atoms with van der Waals surface area (Å²) in [6, 6.07) is 15.1. The molecule has 2 N–H and O–H groups in total. The molecule has 0 aliphatic rings. The van der Waals surface area contributed by atoms with E-state index in [1.807, 2.05) is 12.9 Å². The summed E-state index contributed by atoms with van der Waals surface area (Å²) in [5.41, 5.74) is 0.331. The lowest BCUT2D eigenvalue weighted by molar-refractivity contribution is -0.0980. The van der Waals surface area contributed by atoms with Crippen LogP contribution in [-0.4, -0.2) is 23.3 Å². The number of carbonyl (C=O) groups is 2. The van der Waals surface area contributed by atoms with E-state index >= 15 is 0 Å². The highest BCUT2D eigenvalue weighted by Gasteiger charge is 1.93. The van der Waals surface area contributed by atoms with Gasteiger partial charge < -0.3 is 15.0 Å². The van der Waals surface area contributed by atoms with Crippen LogP contribution in [0.3, 0.4) is 0 Å². The van der Waals surface area contributed by atoms with Crippen LogP contribution in [0.1, 0.15) is 10.4 Å². The van der Waals surface area contributed by atoms with Gasteiger partial charge in [-0.2, -0.15) is 0 Å². The second-order valence-electron chi connectivity index (χ2n) is 3.01. The van der Waals surface area contributed by atoms with Gasteiger partial charge in [0, 0.05) is 0 Å². The first-order chi connectivity index (χ1) is 8.74. The van der Waals surface area contributed by atoms with E-state index in [0.29, 0.717) is 17.6 Å². The zero-order valence-corrected chi connectivity index (χ0v) is 9.69. The second-order valence-corrected chi connectivity index (χ2v) is 3.01. The summed E-state index contributed by atoms with van der Waals surface area (Å²) >= 11 is 0. The number of phenols is 2. The minimum absolute atomic E-state index is 0.0347. The molecule has 0 aromatic heterocycles. The Morgan fingerprint density at radius 2 is 1.33 bits per heavy atom. The highest BCUT2D eigenvalue weighted by atomic mass is 16.3. The first kappa shape index (κ1) is 15.4. The molecular weight excluding hydrogens is 232 g/mol. The minimum atomic E-state index is 0.0347. The van der Waals surface area contributed by atoms with E-state index in [0.717, 1.165) is 0 Å². The van der Waals surface area contributed by atoms with E-state index in [1.165, 1.54) is 6.07 Å². The third-order valence-electron chi connectivity index (χ3n) is 1.82. The molecule has 4 nitrogen and oxygen atoms in total. The highest BCUT2D eigenvalue weighted by Crippen LogP contribution is 2.11. The van der Waals surface area contributed by atoms with Crippen LogP contribution in [0, 0.1) is 0 Å². The molecule has 0 atom stereocenters. The van der Waals surface area contributed by atoms with Crippen molar-refractivity contribution in [2.45, 2.75) is 0 Å². The molecule has 0 aliphatic heterocycles. The number of carbonyl (C=O) groups excluding carboxylic acids is 2. The Bertz CT molecular complexity index is 454. The largest absolute Gasteiger partial charge is 0.508 e. The van der Waals surface area contributed by atoms with Crippen molar-refractivity contribution in [3.05, 3.63) is 60.2 Å². The maximum Gasteiger partial charge on any atom is 0.153 e. The van der Waals surface area contributed by atoms with Gasteiger partial charge in [-0.1, -0.05) is 30.3 Å². The molecule has 0 fully saturated rings. The predicted molar refractivity (Wildman–Crippen MR) is 68.7 cm³/mol. The average molecular weight is 246 g/mol. The quantitative estimate of drug-likeness (QED) is 0.758. The number of hydrogen-bond donors (Lipinski definition) is 2. The summed E-state index contributed by atoms with van der Waals surface area (Å²) in [6.45, 7) is 2.00. The Morgan fingerprint density at radius 1 is 0.833 bits per heavy atom. The smallest absolute Gasteiger partial charge is 0.153 e. The summed E-state index contributed by atoms with van der Waals surface area (Å²) in [5, 5.41) is 17.5. The van der Waals surface area contributed by atoms with E-state index in [4.69, 9.17) is 15.0 Å². The van der Waals surface area contributed by atoms with Gasteiger partial charge >= 0.3 is 0 Å². The molecule has 2 aromatic rings. The fourth-order valence-corrected chi connectivity index (χ4v) is 1.02. The molecule has 0 saturated carbocycles. The Morgan fingerprint density at radius 3 is 1.67 bits per heavy atom. The van der Waals surface area contributed by atoms with Crippen molar-refractivity contribution in [3.8, 4) is 11.5 Å². The van der Waals surface area contributed by atoms with Crippen molar-refractivity contribution in [3.63, 3.8) is 0 Å². The first-order valence-electron chi connectivity index (χ1n) is 5.00. The maximum absolute atomic E-state index is 10.1. The molecule has 18 heavy (non-hydrogen) atoms. The van der Waals surface area contributed by atoms with Gasteiger partial charge in [0.25, 0.3) is 0 Å². The standard InChI is InChI=1S/C7H6O2.C6H6O.CH2O/c8-5-6-3-1-2-4-7(6)9;7-6-4-2-1-3-5-6;1-2/h1-5,9H;1-5,7H;1H2. The zero-order chi connectivity index (χ0) is 13.8. The molecule has 2 aromatic carbocycles. The average Bonchev–Trinajstić information content (AvgIpc) is 2.43. The monoisotopic (exact) mass is 246 g/mol. The van der Waals surface area contributed by atoms with Gasteiger partial charge in [0.15, 0.2) is 6.29 Å². The number of para-hydroxylation sites is 2. The number of rotatable bonds is 1. The van der Waals surface area contributed by atoms with Crippen molar-refractivity contribution < 1.29 is 19.8 Å². The third kappa shape index (κ3) is 6.07. The molecule has 0 bridgehead atoms. The van der Waals surface area contributed by atoms with Crippen LogP contribution >= 0.6 is 0 Å². The van der Waals surface area contributed by atoms with E-state index in [2.05, 4.69) is 0 Å². The molecule has 4 heteroatoms. The van der Waals surface area contributed by atoms with Gasteiger partial charge in [-0.25, -0.2) is 0 Å². The number of hydrogen-bond acceptors (Lipinski definition) is 4. The van der Waals surface area contributed by atoms with Crippen molar-refractivity contribution in [1.29, 1.82) is 0 Å². The molecule has 0 amide bonds. The van der Waals surface area contributed by atoms with Gasteiger partial charge in [0.05, 0.1) is 5.56 Å². The number of aromatic hydroxyl groups is 2. The molecular formula is C14H14O4. The minimum Gasteiger partial charge on any atom is -0.508 e. The Balaban J connectivity index is 0.000000289. The van der Waals surface area contributed by atoms with Crippen molar-refractivity contribution in [2.24, 2.45) is 0 Å². The van der Waals surface area contributed by atoms with Crippen LogP contribution in [0.4, 0.5) is 0 Å². The third-order valence-corrected chi connectivity index (χ3v) is 1.82. The molecule has 0 heterocycles. The molecule has 0 spiro atoms. The number of benzene rings is 2. The van der Waals surface area contributed by atoms with E-state index in [-0.39, 0.29) is 5.75 Å². The molecule has 0 unspecified atom stereocenters. The Kier molecular flexibility index (Phi) is 8.20. The fourth-order valence-electron chi connectivity index (χ4n) is 1.02. The van der Waals surface area contributed by atoms with E-state index in [1.54, 1.807) is 42.5 Å². The molecule has 2 rings (SSSR count). The van der Waals surface area contributed by atoms with Crippen molar-refractivity contribution >= 4 is 13.1 Å². The van der Waals surface area contributed by atoms with Crippen LogP contribution in [0.25, 0.3) is 0 Å². The lowest BCUT2D eigenvalue weighted by Crippen LogP contribution is -1.77. The summed E-state index contributed by atoms with van der Waals surface area (Å²) in [4.78, 5) is 18.1. The fraction of sp³-hybridized carbons (Fsp3) is 0. The van der Waals surface area contributed by atoms with Gasteiger partial charge in [-0.15, -0.1) is 0 Å². The molecule has 0 radical (unpaired) electrons. The van der Waals surface area contributed by atoms with Gasteiger partial charge in [-0.3, -0.25) is 4.79 Å². The van der Waals surface area contributed by atoms with Crippen molar-refractivity contribution in [2.75, 3.05) is 0 Å². The zero-order valence-electron chi connectivity index (χ0n) is 9.69. The number of phenolic OH excluding ortho intramolecular Hbond substituents is 2. The second kappa shape index (κ2) is 9.59. The summed E-state index contributed by atoms with van der Waals surface area (Å²) in [5.74, 6) is 0.356. The Labute approximate surface area is 105 Å². The first-order valence-corrected chi connectivity index (χ1v) is 5.00. The lowest BCUT2D eigenvalue weighted by Gasteiger charge is -1.91. The topological polar surface area (TPSA) is 74.6 Å². The molecule has 0 aliphatic carbocycles. The Hall–Kier alpha value is -2.62. The van der Waals surface area contributed by atoms with E-state index < -0.39 is 0 Å². The van der Waals surface area contributed by atoms with Crippen LogP contribution < -0.4 is 0 Å². The normalized spacial score (nSPS) is 8.00. The van der Waals surface area contributed by atoms with Crippen LogP contribution in [0.2, 0.25) is 0 Å². The van der Waals surface area contributed by atoms with Gasteiger partial charge in [0.2, 0.25) is 0 Å². The summed E-state index contributed by atoms with van der Waals surface area (Å²) < 4.78 is 0. The SMILES string of the molecule is C=O.O=Cc1ccccc1O.Oc1ccccc1. The van der Waals surface area contributed by atoms with E-state index in [9.17, 15) is 4.79 Å². The summed E-state index contributed by atoms with van der Waals surface area (Å²) in [7, 11) is 0. The molecule has 94 valence electrons. The van der Waals surface area contributed by atoms with Crippen LogP contribution in [0.5, 0.6) is 11.5 Å². The maximum atomic E-state index is 10.1.